The number of methoxy groups -OCH3 is 2. The van der Waals surface area contributed by atoms with Crippen molar-refractivity contribution in [3.05, 3.63) is 59.2 Å². The number of carbonyl (C=O) groups is 1. The molecule has 2 aromatic rings. The molecule has 0 aliphatic rings. The van der Waals surface area contributed by atoms with Crippen LogP contribution < -0.4 is 4.74 Å². The first kappa shape index (κ1) is 18.4. The van der Waals surface area contributed by atoms with E-state index < -0.39 is 0 Å². The Balaban J connectivity index is 2.17. The summed E-state index contributed by atoms with van der Waals surface area (Å²) in [6.45, 7) is 0.942. The number of hydrogen-bond acceptors (Lipinski definition) is 4. The Hall–Kier alpha value is -1.98. The zero-order chi connectivity index (χ0) is 17.5. The van der Waals surface area contributed by atoms with Gasteiger partial charge in [-0.2, -0.15) is 0 Å². The molecule has 0 saturated carbocycles. The predicted molar refractivity (Wildman–Crippen MR) is 97.7 cm³/mol. The van der Waals surface area contributed by atoms with Gasteiger partial charge in [0.2, 0.25) is 0 Å². The molecule has 5 heteroatoms. The van der Waals surface area contributed by atoms with Crippen molar-refractivity contribution in [3.63, 3.8) is 0 Å². The lowest BCUT2D eigenvalue weighted by Crippen LogP contribution is -2.27. The highest BCUT2D eigenvalue weighted by atomic mass is 32.2. The topological polar surface area (TPSA) is 38.8 Å². The maximum absolute atomic E-state index is 12.8. The second kappa shape index (κ2) is 8.76. The predicted octanol–water partition coefficient (Wildman–Crippen LogP) is 3.84. The average Bonchev–Trinajstić information content (AvgIpc) is 2.61. The molecule has 0 spiro atoms. The van der Waals surface area contributed by atoms with E-state index in [9.17, 15) is 4.79 Å². The van der Waals surface area contributed by atoms with Crippen LogP contribution in [0, 0.1) is 0 Å². The molecule has 0 radical (unpaired) electrons. The number of hydrogen-bond donors (Lipinski definition) is 0. The smallest absolute Gasteiger partial charge is 0.254 e. The number of benzene rings is 2. The highest BCUT2D eigenvalue weighted by molar-refractivity contribution is 7.98. The molecule has 4 nitrogen and oxygen atoms in total. The highest BCUT2D eigenvalue weighted by Gasteiger charge is 2.16. The maximum Gasteiger partial charge on any atom is 0.254 e. The van der Waals surface area contributed by atoms with Crippen LogP contribution in [0.5, 0.6) is 5.75 Å². The normalized spacial score (nSPS) is 10.5. The van der Waals surface area contributed by atoms with Crippen LogP contribution in [0.3, 0.4) is 0 Å². The van der Waals surface area contributed by atoms with Crippen molar-refractivity contribution in [2.24, 2.45) is 0 Å². The van der Waals surface area contributed by atoms with E-state index >= 15 is 0 Å². The van der Waals surface area contributed by atoms with Gasteiger partial charge in [0.1, 0.15) is 5.75 Å². The minimum Gasteiger partial charge on any atom is -0.496 e. The van der Waals surface area contributed by atoms with E-state index in [0.717, 1.165) is 21.8 Å². The Bertz CT molecular complexity index is 703. The Labute approximate surface area is 147 Å². The molecule has 0 atom stereocenters. The van der Waals surface area contributed by atoms with Crippen LogP contribution in [0.25, 0.3) is 0 Å². The van der Waals surface area contributed by atoms with Gasteiger partial charge in [-0.05, 0) is 35.6 Å². The van der Waals surface area contributed by atoms with Crippen molar-refractivity contribution in [1.29, 1.82) is 0 Å². The summed E-state index contributed by atoms with van der Waals surface area (Å²) in [5.41, 5.74) is 2.60. The van der Waals surface area contributed by atoms with Gasteiger partial charge in [0.15, 0.2) is 0 Å². The summed E-state index contributed by atoms with van der Waals surface area (Å²) < 4.78 is 10.6. The lowest BCUT2D eigenvalue weighted by atomic mass is 10.1. The summed E-state index contributed by atoms with van der Waals surface area (Å²) in [5, 5.41) is 0. The molecule has 24 heavy (non-hydrogen) atoms. The van der Waals surface area contributed by atoms with Crippen molar-refractivity contribution in [3.8, 4) is 5.75 Å². The van der Waals surface area contributed by atoms with Crippen LogP contribution in [0.1, 0.15) is 21.5 Å². The molecule has 2 aromatic carbocycles. The second-order valence-corrected chi connectivity index (χ2v) is 6.29. The average molecular weight is 345 g/mol. The Morgan fingerprint density at radius 1 is 1.17 bits per heavy atom. The standard InChI is InChI=1S/C19H23NO3S/c1-20(12-14-9-10-18(24-4)17(11-14)23-3)19(21)16-8-6-5-7-15(16)13-22-2/h5-11H,12-13H2,1-4H3. The van der Waals surface area contributed by atoms with Crippen molar-refractivity contribution >= 4 is 17.7 Å². The van der Waals surface area contributed by atoms with Crippen molar-refractivity contribution < 1.29 is 14.3 Å². The van der Waals surface area contributed by atoms with Gasteiger partial charge >= 0.3 is 0 Å². The van der Waals surface area contributed by atoms with E-state index in [1.807, 2.05) is 48.7 Å². The molecule has 0 saturated heterocycles. The molecule has 0 fully saturated rings. The van der Waals surface area contributed by atoms with E-state index in [2.05, 4.69) is 0 Å². The van der Waals surface area contributed by atoms with Gasteiger partial charge in [-0.3, -0.25) is 4.79 Å². The first-order valence-electron chi connectivity index (χ1n) is 7.64. The fourth-order valence-electron chi connectivity index (χ4n) is 2.54. The molecular weight excluding hydrogens is 322 g/mol. The van der Waals surface area contributed by atoms with Gasteiger partial charge in [-0.15, -0.1) is 11.8 Å². The molecule has 0 aromatic heterocycles. The van der Waals surface area contributed by atoms with Crippen LogP contribution in [0.4, 0.5) is 0 Å². The van der Waals surface area contributed by atoms with E-state index in [-0.39, 0.29) is 5.91 Å². The maximum atomic E-state index is 12.8. The zero-order valence-corrected chi connectivity index (χ0v) is 15.4. The number of thioether (sulfide) groups is 1. The van der Waals surface area contributed by atoms with E-state index in [1.54, 1.807) is 37.9 Å². The number of carbonyl (C=O) groups excluding carboxylic acids is 1. The van der Waals surface area contributed by atoms with Crippen LogP contribution in [0.15, 0.2) is 47.4 Å². The zero-order valence-electron chi connectivity index (χ0n) is 14.5. The number of ether oxygens (including phenoxy) is 2. The summed E-state index contributed by atoms with van der Waals surface area (Å²) in [7, 11) is 5.10. The van der Waals surface area contributed by atoms with Gasteiger partial charge in [0, 0.05) is 31.2 Å². The van der Waals surface area contributed by atoms with Gasteiger partial charge in [-0.1, -0.05) is 24.3 Å². The molecule has 0 aliphatic carbocycles. The quantitative estimate of drug-likeness (QED) is 0.715. The van der Waals surface area contributed by atoms with E-state index in [0.29, 0.717) is 18.7 Å². The van der Waals surface area contributed by atoms with Crippen LogP contribution in [-0.2, 0) is 17.9 Å². The second-order valence-electron chi connectivity index (χ2n) is 5.44. The SMILES string of the molecule is COCc1ccccc1C(=O)N(C)Cc1ccc(SC)c(OC)c1. The number of rotatable bonds is 7. The minimum absolute atomic E-state index is 0.0180. The third-order valence-electron chi connectivity index (χ3n) is 3.76. The fourth-order valence-corrected chi connectivity index (χ4v) is 3.09. The Morgan fingerprint density at radius 3 is 2.58 bits per heavy atom. The minimum atomic E-state index is -0.0180. The summed E-state index contributed by atoms with van der Waals surface area (Å²) >= 11 is 1.64. The molecule has 2 rings (SSSR count). The number of amides is 1. The molecule has 0 heterocycles. The molecule has 128 valence electrons. The Morgan fingerprint density at radius 2 is 1.92 bits per heavy atom. The van der Waals surface area contributed by atoms with Crippen LogP contribution in [0.2, 0.25) is 0 Å². The van der Waals surface area contributed by atoms with Crippen molar-refractivity contribution in [1.82, 2.24) is 4.90 Å². The highest BCUT2D eigenvalue weighted by Crippen LogP contribution is 2.28. The summed E-state index contributed by atoms with van der Waals surface area (Å²) in [4.78, 5) is 15.6. The van der Waals surface area contributed by atoms with Gasteiger partial charge in [0.25, 0.3) is 5.91 Å². The summed E-state index contributed by atoms with van der Waals surface area (Å²) in [5.74, 6) is 0.816. The van der Waals surface area contributed by atoms with Crippen molar-refractivity contribution in [2.75, 3.05) is 27.5 Å². The summed E-state index contributed by atoms with van der Waals surface area (Å²) in [6.07, 6.45) is 2.01. The lowest BCUT2D eigenvalue weighted by Gasteiger charge is -2.20. The summed E-state index contributed by atoms with van der Waals surface area (Å²) in [6, 6.07) is 13.6. The molecule has 0 unspecified atom stereocenters. The first-order chi connectivity index (χ1) is 11.6. The third-order valence-corrected chi connectivity index (χ3v) is 4.54. The van der Waals surface area contributed by atoms with E-state index in [4.69, 9.17) is 9.47 Å². The third kappa shape index (κ3) is 4.30. The Kier molecular flexibility index (Phi) is 6.70. The van der Waals surface area contributed by atoms with Crippen LogP contribution >= 0.6 is 11.8 Å². The monoisotopic (exact) mass is 345 g/mol. The van der Waals surface area contributed by atoms with Gasteiger partial charge < -0.3 is 14.4 Å². The molecule has 0 bridgehead atoms. The van der Waals surface area contributed by atoms with E-state index in [1.165, 1.54) is 0 Å². The first-order valence-corrected chi connectivity index (χ1v) is 8.86. The largest absolute Gasteiger partial charge is 0.496 e. The molecule has 0 N–H and O–H groups in total. The number of nitrogens with zero attached hydrogens (tertiary/aromatic N) is 1. The van der Waals surface area contributed by atoms with Crippen LogP contribution in [-0.4, -0.2) is 38.3 Å². The van der Waals surface area contributed by atoms with Gasteiger partial charge in [-0.25, -0.2) is 0 Å². The molecule has 1 amide bonds. The molecule has 0 aliphatic heterocycles. The molecular formula is C19H23NO3S. The van der Waals surface area contributed by atoms with Crippen molar-refractivity contribution in [2.45, 2.75) is 18.0 Å². The lowest BCUT2D eigenvalue weighted by molar-refractivity contribution is 0.0780. The fraction of sp³-hybridized carbons (Fsp3) is 0.316. The van der Waals surface area contributed by atoms with Gasteiger partial charge in [0.05, 0.1) is 13.7 Å².